The highest BCUT2D eigenvalue weighted by molar-refractivity contribution is 4.89. The van der Waals surface area contributed by atoms with Crippen molar-refractivity contribution in [1.82, 2.24) is 19.8 Å². The van der Waals surface area contributed by atoms with Crippen molar-refractivity contribution in [2.24, 2.45) is 5.92 Å². The van der Waals surface area contributed by atoms with Crippen LogP contribution >= 0.6 is 0 Å². The molecule has 4 nitrogen and oxygen atoms in total. The summed E-state index contributed by atoms with van der Waals surface area (Å²) >= 11 is 0. The van der Waals surface area contributed by atoms with E-state index < -0.39 is 0 Å². The molecule has 1 aliphatic heterocycles. The second-order valence-electron chi connectivity index (χ2n) is 6.58. The number of hydrogen-bond acceptors (Lipinski definition) is 3. The molecule has 0 spiro atoms. The Morgan fingerprint density at radius 3 is 2.85 bits per heavy atom. The fourth-order valence-corrected chi connectivity index (χ4v) is 3.12. The average molecular weight is 278 g/mol. The lowest BCUT2D eigenvalue weighted by Crippen LogP contribution is -2.42. The Labute approximate surface area is 123 Å². The molecule has 0 radical (unpaired) electrons. The topological polar surface area (TPSA) is 33.1 Å². The van der Waals surface area contributed by atoms with Gasteiger partial charge in [0.25, 0.3) is 0 Å². The van der Waals surface area contributed by atoms with Crippen LogP contribution in [-0.4, -0.2) is 46.2 Å². The summed E-state index contributed by atoms with van der Waals surface area (Å²) in [5.74, 6) is 1.88. The first kappa shape index (κ1) is 15.5. The van der Waals surface area contributed by atoms with E-state index in [0.717, 1.165) is 31.4 Å². The molecule has 0 saturated carbocycles. The van der Waals surface area contributed by atoms with Gasteiger partial charge in [0.2, 0.25) is 0 Å². The van der Waals surface area contributed by atoms with Gasteiger partial charge in [-0.1, -0.05) is 13.8 Å². The number of aromatic nitrogens is 2. The first-order chi connectivity index (χ1) is 9.56. The molecule has 0 amide bonds. The summed E-state index contributed by atoms with van der Waals surface area (Å²) in [5.41, 5.74) is 0. The summed E-state index contributed by atoms with van der Waals surface area (Å²) < 4.78 is 2.25. The minimum Gasteiger partial charge on any atom is -0.334 e. The zero-order chi connectivity index (χ0) is 14.5. The van der Waals surface area contributed by atoms with Gasteiger partial charge in [0, 0.05) is 44.1 Å². The van der Waals surface area contributed by atoms with Gasteiger partial charge in [0.1, 0.15) is 5.82 Å². The lowest BCUT2D eigenvalue weighted by molar-refractivity contribution is 0.190. The fourth-order valence-electron chi connectivity index (χ4n) is 3.12. The third-order valence-electron chi connectivity index (χ3n) is 4.38. The number of aryl methyl sites for hydroxylation is 1. The first-order valence-electron chi connectivity index (χ1n) is 8.01. The predicted molar refractivity (Wildman–Crippen MR) is 83.9 cm³/mol. The van der Waals surface area contributed by atoms with Crippen molar-refractivity contribution in [3.8, 4) is 0 Å². The smallest absolute Gasteiger partial charge is 0.105 e. The van der Waals surface area contributed by atoms with Gasteiger partial charge in [0.15, 0.2) is 0 Å². The molecule has 114 valence electrons. The summed E-state index contributed by atoms with van der Waals surface area (Å²) in [5, 5.41) is 3.72. The van der Waals surface area contributed by atoms with Crippen molar-refractivity contribution >= 4 is 0 Å². The van der Waals surface area contributed by atoms with Crippen molar-refractivity contribution in [2.75, 3.05) is 19.6 Å². The van der Waals surface area contributed by atoms with Crippen LogP contribution in [0.2, 0.25) is 0 Å². The van der Waals surface area contributed by atoms with Gasteiger partial charge in [-0.2, -0.15) is 0 Å². The van der Waals surface area contributed by atoms with Crippen LogP contribution < -0.4 is 5.32 Å². The number of hydrogen-bond donors (Lipinski definition) is 1. The van der Waals surface area contributed by atoms with Crippen molar-refractivity contribution in [3.63, 3.8) is 0 Å². The van der Waals surface area contributed by atoms with Gasteiger partial charge in [0.05, 0.1) is 0 Å². The van der Waals surface area contributed by atoms with Gasteiger partial charge < -0.3 is 9.88 Å². The Morgan fingerprint density at radius 2 is 2.20 bits per heavy atom. The number of imidazole rings is 1. The van der Waals surface area contributed by atoms with Crippen LogP contribution in [-0.2, 0) is 6.54 Å². The summed E-state index contributed by atoms with van der Waals surface area (Å²) in [6, 6.07) is 1.31. The molecule has 2 heterocycles. The van der Waals surface area contributed by atoms with E-state index in [4.69, 9.17) is 0 Å². The van der Waals surface area contributed by atoms with Gasteiger partial charge in [-0.3, -0.25) is 4.90 Å². The molecule has 4 heteroatoms. The van der Waals surface area contributed by atoms with Crippen molar-refractivity contribution in [2.45, 2.75) is 59.2 Å². The van der Waals surface area contributed by atoms with Gasteiger partial charge in [-0.15, -0.1) is 0 Å². The monoisotopic (exact) mass is 278 g/mol. The Morgan fingerprint density at radius 1 is 1.40 bits per heavy atom. The molecule has 2 unspecified atom stereocenters. The zero-order valence-electron chi connectivity index (χ0n) is 13.5. The Balaban J connectivity index is 1.91. The fraction of sp³-hybridized carbons (Fsp3) is 0.812. The second kappa shape index (κ2) is 7.23. The van der Waals surface area contributed by atoms with Gasteiger partial charge in [-0.05, 0) is 39.2 Å². The first-order valence-corrected chi connectivity index (χ1v) is 8.01. The molecule has 2 atom stereocenters. The third kappa shape index (κ3) is 4.32. The summed E-state index contributed by atoms with van der Waals surface area (Å²) in [6.07, 6.45) is 6.50. The molecule has 1 aromatic heterocycles. The molecule has 1 fully saturated rings. The summed E-state index contributed by atoms with van der Waals surface area (Å²) in [6.45, 7) is 13.6. The molecular weight excluding hydrogens is 248 g/mol. The van der Waals surface area contributed by atoms with Crippen LogP contribution in [0, 0.1) is 12.8 Å². The molecule has 2 rings (SSSR count). The molecule has 1 aliphatic rings. The average Bonchev–Trinajstić information content (AvgIpc) is 2.70. The normalized spacial score (nSPS) is 25.1. The van der Waals surface area contributed by atoms with E-state index in [1.54, 1.807) is 0 Å². The van der Waals surface area contributed by atoms with E-state index in [1.807, 2.05) is 6.20 Å². The molecule has 20 heavy (non-hydrogen) atoms. The second-order valence-corrected chi connectivity index (χ2v) is 6.58. The standard InChI is InChI=1S/C16H30N4/c1-13(2)11-16-12-20(14(3)5-6-18-16)10-9-19-8-7-17-15(19)4/h7-8,13-14,16,18H,5-6,9-12H2,1-4H3. The van der Waals surface area contributed by atoms with Gasteiger partial charge in [-0.25, -0.2) is 4.98 Å². The van der Waals surface area contributed by atoms with Crippen LogP contribution in [0.5, 0.6) is 0 Å². The molecule has 0 bridgehead atoms. The van der Waals surface area contributed by atoms with Crippen molar-refractivity contribution in [3.05, 3.63) is 18.2 Å². The minimum absolute atomic E-state index is 0.642. The molecule has 0 aromatic carbocycles. The number of nitrogens with zero attached hydrogens (tertiary/aromatic N) is 3. The number of rotatable bonds is 5. The highest BCUT2D eigenvalue weighted by atomic mass is 15.2. The highest BCUT2D eigenvalue weighted by Gasteiger charge is 2.23. The zero-order valence-corrected chi connectivity index (χ0v) is 13.5. The maximum atomic E-state index is 4.30. The van der Waals surface area contributed by atoms with Crippen LogP contribution in [0.1, 0.15) is 39.4 Å². The van der Waals surface area contributed by atoms with Gasteiger partial charge >= 0.3 is 0 Å². The Kier molecular flexibility index (Phi) is 5.61. The molecule has 1 saturated heterocycles. The summed E-state index contributed by atoms with van der Waals surface area (Å²) in [7, 11) is 0. The largest absolute Gasteiger partial charge is 0.334 e. The molecule has 1 aromatic rings. The third-order valence-corrected chi connectivity index (χ3v) is 4.38. The Bertz CT molecular complexity index is 399. The van der Waals surface area contributed by atoms with E-state index in [2.05, 4.69) is 53.7 Å². The van der Waals surface area contributed by atoms with Crippen molar-refractivity contribution in [1.29, 1.82) is 0 Å². The van der Waals surface area contributed by atoms with E-state index >= 15 is 0 Å². The van der Waals surface area contributed by atoms with E-state index in [1.165, 1.54) is 19.4 Å². The van der Waals surface area contributed by atoms with Crippen LogP contribution in [0.25, 0.3) is 0 Å². The Hall–Kier alpha value is -0.870. The molecule has 1 N–H and O–H groups in total. The van der Waals surface area contributed by atoms with Crippen molar-refractivity contribution < 1.29 is 0 Å². The lowest BCUT2D eigenvalue weighted by atomic mass is 10.0. The van der Waals surface area contributed by atoms with Crippen LogP contribution in [0.4, 0.5) is 0 Å². The molecular formula is C16H30N4. The van der Waals surface area contributed by atoms with Crippen LogP contribution in [0.15, 0.2) is 12.4 Å². The van der Waals surface area contributed by atoms with E-state index in [9.17, 15) is 0 Å². The maximum absolute atomic E-state index is 4.30. The molecule has 0 aliphatic carbocycles. The minimum atomic E-state index is 0.642. The van der Waals surface area contributed by atoms with Crippen LogP contribution in [0.3, 0.4) is 0 Å². The maximum Gasteiger partial charge on any atom is 0.105 e. The predicted octanol–water partition coefficient (Wildman–Crippen LogP) is 2.29. The lowest BCUT2D eigenvalue weighted by Gasteiger charge is -2.29. The van der Waals surface area contributed by atoms with E-state index in [-0.39, 0.29) is 0 Å². The quantitative estimate of drug-likeness (QED) is 0.897. The SMILES string of the molecule is Cc1nccn1CCN1CC(CC(C)C)NCCC1C. The highest BCUT2D eigenvalue weighted by Crippen LogP contribution is 2.14. The number of nitrogens with one attached hydrogen (secondary N) is 1. The van der Waals surface area contributed by atoms with E-state index in [0.29, 0.717) is 12.1 Å². The summed E-state index contributed by atoms with van der Waals surface area (Å²) in [4.78, 5) is 6.95.